The minimum absolute atomic E-state index is 0.0358. The molecular formula is C27H40FN3O4. The zero-order valence-electron chi connectivity index (χ0n) is 20.8. The summed E-state index contributed by atoms with van der Waals surface area (Å²) in [7, 11) is 2.16. The van der Waals surface area contributed by atoms with Crippen LogP contribution >= 0.6 is 0 Å². The fourth-order valence-corrected chi connectivity index (χ4v) is 8.45. The van der Waals surface area contributed by atoms with Gasteiger partial charge in [0.05, 0.1) is 30.3 Å². The maximum absolute atomic E-state index is 15.7. The molecular weight excluding hydrogens is 449 g/mol. The number of Topliss-reactive ketones (excluding diaryl/α,β-unsaturated/α-hetero) is 1. The molecule has 35 heavy (non-hydrogen) atoms. The number of carboxylic acids is 1. The Kier molecular flexibility index (Phi) is 6.42. The smallest absolute Gasteiger partial charge is 0.340 e. The summed E-state index contributed by atoms with van der Waals surface area (Å²) >= 11 is 0. The number of morpholine rings is 1. The molecule has 3 heterocycles. The average molecular weight is 490 g/mol. The number of ether oxygens (including phenoxy) is 1. The zero-order valence-corrected chi connectivity index (χ0v) is 20.8. The Balaban J connectivity index is 1.27. The molecule has 0 aromatic heterocycles. The molecule has 2 N–H and O–H groups in total. The molecule has 0 aromatic carbocycles. The van der Waals surface area contributed by atoms with Crippen molar-refractivity contribution in [2.24, 2.45) is 17.8 Å². The minimum Gasteiger partial charge on any atom is -0.478 e. The van der Waals surface area contributed by atoms with Crippen LogP contribution < -0.4 is 5.32 Å². The van der Waals surface area contributed by atoms with E-state index in [0.29, 0.717) is 17.9 Å². The number of carbonyl (C=O) groups is 2. The first-order valence-corrected chi connectivity index (χ1v) is 13.9. The molecule has 194 valence electrons. The molecule has 3 saturated carbocycles. The molecule has 3 aliphatic carbocycles. The third-order valence-electron chi connectivity index (χ3n) is 10.2. The van der Waals surface area contributed by atoms with Gasteiger partial charge in [0, 0.05) is 18.2 Å². The van der Waals surface area contributed by atoms with E-state index in [4.69, 9.17) is 4.74 Å². The van der Waals surface area contributed by atoms with Gasteiger partial charge in [0.1, 0.15) is 11.7 Å². The number of fused-ring (bicyclic) bond motifs is 3. The summed E-state index contributed by atoms with van der Waals surface area (Å²) in [6.45, 7) is 1.84. The van der Waals surface area contributed by atoms with Crippen molar-refractivity contribution >= 4 is 11.8 Å². The van der Waals surface area contributed by atoms with E-state index >= 15 is 4.39 Å². The van der Waals surface area contributed by atoms with Crippen molar-refractivity contribution in [1.29, 1.82) is 0 Å². The van der Waals surface area contributed by atoms with Crippen molar-refractivity contribution in [3.8, 4) is 0 Å². The molecule has 2 saturated heterocycles. The molecule has 0 spiro atoms. The molecule has 10 atom stereocenters. The summed E-state index contributed by atoms with van der Waals surface area (Å²) in [5.41, 5.74) is -0.181. The van der Waals surface area contributed by atoms with Gasteiger partial charge >= 0.3 is 5.97 Å². The summed E-state index contributed by atoms with van der Waals surface area (Å²) < 4.78 is 22.5. The first-order chi connectivity index (χ1) is 16.9. The predicted octanol–water partition coefficient (Wildman–Crippen LogP) is 2.74. The van der Waals surface area contributed by atoms with E-state index in [0.717, 1.165) is 32.4 Å². The molecule has 3 aliphatic heterocycles. The standard InChI is InChI=1S/C27H40FN3O4/c1-30-10-4-7-17(30)8-9-29-23-20(28)13-18-24-26(23)35-22-12-16-6-3-2-5-15(16)11-21(22)31(24)14-19(25(18)32)27(33)34/h14-18,20-24,26,29H,2-13H2,1H3,(H,33,34). The second-order valence-corrected chi connectivity index (χ2v) is 12.0. The number of hydrogen-bond acceptors (Lipinski definition) is 6. The normalized spacial score (nSPS) is 45.4. The van der Waals surface area contributed by atoms with Crippen molar-refractivity contribution in [3.05, 3.63) is 11.8 Å². The maximum Gasteiger partial charge on any atom is 0.340 e. The Morgan fingerprint density at radius 2 is 1.94 bits per heavy atom. The van der Waals surface area contributed by atoms with Crippen LogP contribution in [-0.2, 0) is 14.3 Å². The monoisotopic (exact) mass is 489 g/mol. The van der Waals surface area contributed by atoms with E-state index in [1.807, 2.05) is 0 Å². The van der Waals surface area contributed by atoms with Gasteiger partial charge in [-0.2, -0.15) is 0 Å². The average Bonchev–Trinajstić information content (AvgIpc) is 3.25. The van der Waals surface area contributed by atoms with Crippen LogP contribution in [0.4, 0.5) is 4.39 Å². The number of nitrogens with one attached hydrogen (secondary N) is 1. The number of halogens is 1. The van der Waals surface area contributed by atoms with Gasteiger partial charge in [0.25, 0.3) is 0 Å². The predicted molar refractivity (Wildman–Crippen MR) is 129 cm³/mol. The molecule has 0 amide bonds. The first kappa shape index (κ1) is 23.9. The van der Waals surface area contributed by atoms with Gasteiger partial charge in [-0.05, 0) is 70.5 Å². The second kappa shape index (κ2) is 9.42. The Hall–Kier alpha value is -1.51. The molecule has 10 unspecified atom stereocenters. The largest absolute Gasteiger partial charge is 0.478 e. The van der Waals surface area contributed by atoms with Crippen LogP contribution in [0.1, 0.15) is 64.2 Å². The lowest BCUT2D eigenvalue weighted by atomic mass is 9.65. The quantitative estimate of drug-likeness (QED) is 0.575. The molecule has 6 aliphatic rings. The van der Waals surface area contributed by atoms with Gasteiger partial charge in [0.2, 0.25) is 0 Å². The number of ketones is 1. The van der Waals surface area contributed by atoms with Crippen molar-refractivity contribution in [3.63, 3.8) is 0 Å². The molecule has 7 nitrogen and oxygen atoms in total. The van der Waals surface area contributed by atoms with E-state index in [2.05, 4.69) is 22.2 Å². The third kappa shape index (κ3) is 4.13. The van der Waals surface area contributed by atoms with Gasteiger partial charge < -0.3 is 25.0 Å². The number of nitrogens with zero attached hydrogens (tertiary/aromatic N) is 2. The summed E-state index contributed by atoms with van der Waals surface area (Å²) in [5.74, 6) is -1.00. The molecule has 5 fully saturated rings. The number of carboxylic acid groups (broad SMARTS) is 1. The molecule has 0 aromatic rings. The molecule has 0 bridgehead atoms. The van der Waals surface area contributed by atoms with Crippen LogP contribution in [0.2, 0.25) is 0 Å². The van der Waals surface area contributed by atoms with Gasteiger partial charge in [-0.1, -0.05) is 25.7 Å². The highest BCUT2D eigenvalue weighted by Gasteiger charge is 2.59. The number of rotatable bonds is 5. The van der Waals surface area contributed by atoms with Gasteiger partial charge in [0.15, 0.2) is 5.78 Å². The van der Waals surface area contributed by atoms with E-state index < -0.39 is 36.0 Å². The fourth-order valence-electron chi connectivity index (χ4n) is 8.45. The van der Waals surface area contributed by atoms with E-state index in [9.17, 15) is 14.7 Å². The summed E-state index contributed by atoms with van der Waals surface area (Å²) in [6.07, 6.45) is 10.2. The maximum atomic E-state index is 15.7. The van der Waals surface area contributed by atoms with E-state index in [1.165, 1.54) is 38.5 Å². The first-order valence-electron chi connectivity index (χ1n) is 13.9. The van der Waals surface area contributed by atoms with Gasteiger partial charge in [-0.15, -0.1) is 0 Å². The molecule has 8 heteroatoms. The summed E-state index contributed by atoms with van der Waals surface area (Å²) in [5, 5.41) is 13.3. The van der Waals surface area contributed by atoms with Crippen molar-refractivity contribution in [1.82, 2.24) is 15.1 Å². The van der Waals surface area contributed by atoms with Crippen LogP contribution in [0.15, 0.2) is 11.8 Å². The Bertz CT molecular complexity index is 882. The topological polar surface area (TPSA) is 82.1 Å². The van der Waals surface area contributed by atoms with Crippen molar-refractivity contribution in [2.45, 2.75) is 107 Å². The third-order valence-corrected chi connectivity index (χ3v) is 10.2. The highest BCUT2D eigenvalue weighted by molar-refractivity contribution is 6.18. The van der Waals surface area contributed by atoms with E-state index in [-0.39, 0.29) is 30.2 Å². The molecule has 0 radical (unpaired) electrons. The fraction of sp³-hybridized carbons (Fsp3) is 0.852. The SMILES string of the molecule is CN1CCCC1CCNC1C(F)CC2C(=O)C(C(=O)O)=CN3C4CC5CCCCC5CC4OC1C23. The Morgan fingerprint density at radius 3 is 2.66 bits per heavy atom. The van der Waals surface area contributed by atoms with Gasteiger partial charge in [-0.3, -0.25) is 4.79 Å². The Morgan fingerprint density at radius 1 is 1.17 bits per heavy atom. The van der Waals surface area contributed by atoms with Crippen molar-refractivity contribution in [2.75, 3.05) is 20.1 Å². The van der Waals surface area contributed by atoms with Crippen LogP contribution in [0.5, 0.6) is 0 Å². The van der Waals surface area contributed by atoms with Crippen LogP contribution in [-0.4, -0.2) is 89.3 Å². The number of hydrogen-bond donors (Lipinski definition) is 2. The van der Waals surface area contributed by atoms with Crippen LogP contribution in [0, 0.1) is 17.8 Å². The lowest BCUT2D eigenvalue weighted by Crippen LogP contribution is -2.73. The second-order valence-electron chi connectivity index (χ2n) is 12.0. The summed E-state index contributed by atoms with van der Waals surface area (Å²) in [6, 6.07) is -0.151. The highest BCUT2D eigenvalue weighted by atomic mass is 19.1. The van der Waals surface area contributed by atoms with Crippen molar-refractivity contribution < 1.29 is 23.8 Å². The summed E-state index contributed by atoms with van der Waals surface area (Å²) in [4.78, 5) is 29.7. The minimum atomic E-state index is -1.23. The Labute approximate surface area is 207 Å². The lowest BCUT2D eigenvalue weighted by Gasteiger charge is -2.60. The molecule has 6 rings (SSSR count). The number of likely N-dealkylation sites (tertiary alicyclic amines) is 1. The zero-order chi connectivity index (χ0) is 24.3. The lowest BCUT2D eigenvalue weighted by molar-refractivity contribution is -0.208. The number of alkyl halides is 1. The number of aliphatic carboxylic acids is 1. The highest BCUT2D eigenvalue weighted by Crippen LogP contribution is 2.50. The van der Waals surface area contributed by atoms with E-state index in [1.54, 1.807) is 6.20 Å². The number of carbonyl (C=O) groups excluding carboxylic acids is 1. The van der Waals surface area contributed by atoms with Gasteiger partial charge in [-0.25, -0.2) is 9.18 Å². The van der Waals surface area contributed by atoms with Crippen LogP contribution in [0.3, 0.4) is 0 Å². The van der Waals surface area contributed by atoms with Crippen LogP contribution in [0.25, 0.3) is 0 Å².